The molecule has 0 aliphatic carbocycles. The first-order valence-electron chi connectivity index (χ1n) is 5.08. The molecule has 2 rings (SSSR count). The monoisotopic (exact) mass is 229 g/mol. The smallest absolute Gasteiger partial charge is 0.276 e. The summed E-state index contributed by atoms with van der Waals surface area (Å²) in [5.74, 6) is 1.36. The molecule has 0 aromatic carbocycles. The van der Waals surface area contributed by atoms with Crippen molar-refractivity contribution in [2.75, 3.05) is 5.75 Å². The number of aromatic nitrogens is 2. The summed E-state index contributed by atoms with van der Waals surface area (Å²) in [6.45, 7) is 2.40. The lowest BCUT2D eigenvalue weighted by Crippen LogP contribution is -2.10. The zero-order chi connectivity index (χ0) is 10.7. The van der Waals surface area contributed by atoms with Gasteiger partial charge >= 0.3 is 0 Å². The molecule has 2 unspecified atom stereocenters. The van der Waals surface area contributed by atoms with E-state index in [4.69, 9.17) is 14.9 Å². The fraction of sp³-hybridized carbons (Fsp3) is 0.778. The molecule has 0 bridgehead atoms. The van der Waals surface area contributed by atoms with Crippen LogP contribution < -0.4 is 5.73 Å². The number of nitrogens with zero attached hydrogens (tertiary/aromatic N) is 2. The summed E-state index contributed by atoms with van der Waals surface area (Å²) in [5.41, 5.74) is 5.37. The molecular formula is C9H15N3O2S. The highest BCUT2D eigenvalue weighted by atomic mass is 32.2. The highest BCUT2D eigenvalue weighted by Crippen LogP contribution is 2.25. The molecule has 1 aromatic heterocycles. The fourth-order valence-corrected chi connectivity index (χ4v) is 2.38. The van der Waals surface area contributed by atoms with E-state index in [1.165, 1.54) is 11.8 Å². The Balaban J connectivity index is 1.77. The molecule has 2 atom stereocenters. The van der Waals surface area contributed by atoms with Crippen molar-refractivity contribution in [3.8, 4) is 0 Å². The van der Waals surface area contributed by atoms with E-state index >= 15 is 0 Å². The first-order chi connectivity index (χ1) is 7.28. The van der Waals surface area contributed by atoms with Gasteiger partial charge < -0.3 is 14.9 Å². The van der Waals surface area contributed by atoms with Gasteiger partial charge in [0.2, 0.25) is 5.89 Å². The zero-order valence-electron chi connectivity index (χ0n) is 8.68. The van der Waals surface area contributed by atoms with Crippen molar-refractivity contribution >= 4 is 11.8 Å². The Kier molecular flexibility index (Phi) is 3.61. The molecule has 15 heavy (non-hydrogen) atoms. The number of ether oxygens (including phenoxy) is 1. The molecule has 2 N–H and O–H groups in total. The lowest BCUT2D eigenvalue weighted by Gasteiger charge is -2.08. The standard InChI is InChI=1S/C9H15N3O2S/c1-6-2-3-7(13-6)5-15-9-12-11-8(4-10)14-9/h6-7H,2-5,10H2,1H3. The van der Waals surface area contributed by atoms with E-state index in [0.717, 1.165) is 18.6 Å². The SMILES string of the molecule is CC1CCC(CSc2nnc(CN)o2)O1. The van der Waals surface area contributed by atoms with E-state index in [9.17, 15) is 0 Å². The average Bonchev–Trinajstić information content (AvgIpc) is 2.83. The van der Waals surface area contributed by atoms with Crippen molar-refractivity contribution in [1.29, 1.82) is 0 Å². The van der Waals surface area contributed by atoms with Crippen LogP contribution in [-0.4, -0.2) is 28.2 Å². The van der Waals surface area contributed by atoms with Crippen LogP contribution in [0.3, 0.4) is 0 Å². The van der Waals surface area contributed by atoms with E-state index in [-0.39, 0.29) is 0 Å². The Labute approximate surface area is 92.8 Å². The number of hydrogen-bond acceptors (Lipinski definition) is 6. The van der Waals surface area contributed by atoms with Crippen LogP contribution in [0.1, 0.15) is 25.7 Å². The molecule has 0 amide bonds. The van der Waals surface area contributed by atoms with Crippen molar-refractivity contribution in [3.05, 3.63) is 5.89 Å². The quantitative estimate of drug-likeness (QED) is 0.782. The van der Waals surface area contributed by atoms with Crippen molar-refractivity contribution in [1.82, 2.24) is 10.2 Å². The van der Waals surface area contributed by atoms with Gasteiger partial charge in [-0.2, -0.15) is 0 Å². The molecule has 2 heterocycles. The normalized spacial score (nSPS) is 26.0. The Morgan fingerprint density at radius 2 is 2.33 bits per heavy atom. The Morgan fingerprint density at radius 3 is 2.93 bits per heavy atom. The molecule has 1 saturated heterocycles. The van der Waals surface area contributed by atoms with Crippen LogP contribution in [0.15, 0.2) is 9.64 Å². The number of hydrogen-bond donors (Lipinski definition) is 1. The second-order valence-corrected chi connectivity index (χ2v) is 4.59. The molecule has 5 nitrogen and oxygen atoms in total. The molecule has 0 spiro atoms. The van der Waals surface area contributed by atoms with E-state index in [1.807, 2.05) is 0 Å². The minimum atomic E-state index is 0.296. The first kappa shape index (κ1) is 10.9. The zero-order valence-corrected chi connectivity index (χ0v) is 9.50. The third-order valence-electron chi connectivity index (χ3n) is 2.34. The third kappa shape index (κ3) is 2.93. The maximum atomic E-state index is 5.68. The first-order valence-corrected chi connectivity index (χ1v) is 6.07. The second-order valence-electron chi connectivity index (χ2n) is 3.62. The van der Waals surface area contributed by atoms with Crippen LogP contribution >= 0.6 is 11.8 Å². The summed E-state index contributed by atoms with van der Waals surface area (Å²) in [6.07, 6.45) is 2.96. The van der Waals surface area contributed by atoms with Crippen molar-refractivity contribution in [2.45, 2.75) is 43.7 Å². The van der Waals surface area contributed by atoms with Gasteiger partial charge in [0.1, 0.15) is 0 Å². The predicted molar refractivity (Wildman–Crippen MR) is 56.5 cm³/mol. The van der Waals surface area contributed by atoms with Gasteiger partial charge in [0.25, 0.3) is 5.22 Å². The highest BCUT2D eigenvalue weighted by Gasteiger charge is 2.22. The van der Waals surface area contributed by atoms with E-state index in [0.29, 0.717) is 29.9 Å². The van der Waals surface area contributed by atoms with Crippen LogP contribution in [0.25, 0.3) is 0 Å². The van der Waals surface area contributed by atoms with E-state index in [2.05, 4.69) is 17.1 Å². The Hall–Kier alpha value is -0.590. The largest absolute Gasteiger partial charge is 0.415 e. The van der Waals surface area contributed by atoms with Gasteiger partial charge in [0.05, 0.1) is 18.8 Å². The van der Waals surface area contributed by atoms with E-state index < -0.39 is 0 Å². The van der Waals surface area contributed by atoms with Crippen molar-refractivity contribution in [2.24, 2.45) is 5.73 Å². The van der Waals surface area contributed by atoms with Gasteiger partial charge in [-0.1, -0.05) is 11.8 Å². The molecule has 1 aliphatic heterocycles. The Morgan fingerprint density at radius 1 is 1.47 bits per heavy atom. The minimum Gasteiger partial charge on any atom is -0.415 e. The lowest BCUT2D eigenvalue weighted by molar-refractivity contribution is 0.0698. The van der Waals surface area contributed by atoms with Crippen molar-refractivity contribution in [3.63, 3.8) is 0 Å². The summed E-state index contributed by atoms with van der Waals surface area (Å²) in [6, 6.07) is 0. The molecule has 1 aromatic rings. The van der Waals surface area contributed by atoms with Gasteiger partial charge in [0.15, 0.2) is 0 Å². The maximum absolute atomic E-state index is 5.68. The highest BCUT2D eigenvalue weighted by molar-refractivity contribution is 7.99. The summed E-state index contributed by atoms with van der Waals surface area (Å²) in [4.78, 5) is 0. The molecule has 84 valence electrons. The third-order valence-corrected chi connectivity index (χ3v) is 3.29. The summed E-state index contributed by atoms with van der Waals surface area (Å²) < 4.78 is 11.0. The number of rotatable bonds is 4. The van der Waals surface area contributed by atoms with Crippen LogP contribution in [0, 0.1) is 0 Å². The van der Waals surface area contributed by atoms with Gasteiger partial charge in [-0.25, -0.2) is 0 Å². The maximum Gasteiger partial charge on any atom is 0.276 e. The molecule has 1 aliphatic rings. The van der Waals surface area contributed by atoms with Gasteiger partial charge in [-0.05, 0) is 19.8 Å². The van der Waals surface area contributed by atoms with Gasteiger partial charge in [0, 0.05) is 5.75 Å². The minimum absolute atomic E-state index is 0.296. The molecular weight excluding hydrogens is 214 g/mol. The van der Waals surface area contributed by atoms with Gasteiger partial charge in [-0.3, -0.25) is 0 Å². The molecule has 1 fully saturated rings. The number of thioether (sulfide) groups is 1. The summed E-state index contributed by atoms with van der Waals surface area (Å²) in [5, 5.41) is 8.25. The predicted octanol–water partition coefficient (Wildman–Crippen LogP) is 1.19. The fourth-order valence-electron chi connectivity index (χ4n) is 1.55. The summed E-state index contributed by atoms with van der Waals surface area (Å²) in [7, 11) is 0. The van der Waals surface area contributed by atoms with Crippen LogP contribution in [0.4, 0.5) is 0 Å². The topological polar surface area (TPSA) is 74.2 Å². The lowest BCUT2D eigenvalue weighted by atomic mass is 10.2. The summed E-state index contributed by atoms with van der Waals surface area (Å²) >= 11 is 1.54. The molecule has 0 radical (unpaired) electrons. The van der Waals surface area contributed by atoms with Crippen LogP contribution in [0.5, 0.6) is 0 Å². The van der Waals surface area contributed by atoms with Crippen LogP contribution in [0.2, 0.25) is 0 Å². The van der Waals surface area contributed by atoms with Gasteiger partial charge in [-0.15, -0.1) is 10.2 Å². The van der Waals surface area contributed by atoms with Crippen molar-refractivity contribution < 1.29 is 9.15 Å². The van der Waals surface area contributed by atoms with Crippen LogP contribution in [-0.2, 0) is 11.3 Å². The molecule has 0 saturated carbocycles. The Bertz CT molecular complexity index is 318. The average molecular weight is 229 g/mol. The second kappa shape index (κ2) is 4.96. The molecule has 6 heteroatoms. The number of nitrogens with two attached hydrogens (primary N) is 1. The van der Waals surface area contributed by atoms with E-state index in [1.54, 1.807) is 0 Å².